The Bertz CT molecular complexity index is 453. The second-order valence-corrected chi connectivity index (χ2v) is 7.12. The Morgan fingerprint density at radius 1 is 1.26 bits per heavy atom. The summed E-state index contributed by atoms with van der Waals surface area (Å²) in [7, 11) is 0. The first-order valence-corrected chi connectivity index (χ1v) is 8.32. The number of thiazole rings is 1. The molecular weight excluding hydrogens is 256 g/mol. The summed E-state index contributed by atoms with van der Waals surface area (Å²) in [6.45, 7) is 2.34. The van der Waals surface area contributed by atoms with Crippen LogP contribution >= 0.6 is 11.3 Å². The Labute approximate surface area is 118 Å². The lowest BCUT2D eigenvalue weighted by Gasteiger charge is -2.27. The molecule has 1 heterocycles. The second kappa shape index (κ2) is 5.61. The highest BCUT2D eigenvalue weighted by atomic mass is 32.1. The zero-order valence-corrected chi connectivity index (χ0v) is 12.3. The lowest BCUT2D eigenvalue weighted by atomic mass is 9.80. The predicted octanol–water partition coefficient (Wildman–Crippen LogP) is 4.18. The van der Waals surface area contributed by atoms with E-state index in [9.17, 15) is 4.79 Å². The van der Waals surface area contributed by atoms with Crippen LogP contribution in [0.3, 0.4) is 0 Å². The maximum absolute atomic E-state index is 11.9. The second-order valence-electron chi connectivity index (χ2n) is 6.05. The van der Waals surface area contributed by atoms with Gasteiger partial charge in [-0.05, 0) is 31.1 Å². The van der Waals surface area contributed by atoms with Crippen molar-refractivity contribution >= 4 is 22.4 Å². The van der Waals surface area contributed by atoms with Crippen molar-refractivity contribution in [1.29, 1.82) is 0 Å². The van der Waals surface area contributed by atoms with Crippen LogP contribution < -0.4 is 5.32 Å². The lowest BCUT2D eigenvalue weighted by molar-refractivity contribution is -0.122. The van der Waals surface area contributed by atoms with Gasteiger partial charge in [0, 0.05) is 17.0 Å². The van der Waals surface area contributed by atoms with Crippen LogP contribution in [0.1, 0.15) is 62.7 Å². The number of hydrogen-bond donors (Lipinski definition) is 1. The van der Waals surface area contributed by atoms with E-state index in [1.807, 2.05) is 6.20 Å². The Morgan fingerprint density at radius 3 is 2.74 bits per heavy atom. The fraction of sp³-hybridized carbons (Fsp3) is 0.733. The summed E-state index contributed by atoms with van der Waals surface area (Å²) < 4.78 is 0. The highest BCUT2D eigenvalue weighted by molar-refractivity contribution is 7.15. The van der Waals surface area contributed by atoms with Gasteiger partial charge >= 0.3 is 0 Å². The maximum Gasteiger partial charge on any atom is 0.229 e. The first-order chi connectivity index (χ1) is 9.24. The fourth-order valence-corrected chi connectivity index (χ4v) is 4.22. The van der Waals surface area contributed by atoms with Crippen molar-refractivity contribution in [3.63, 3.8) is 0 Å². The molecule has 2 aliphatic carbocycles. The van der Waals surface area contributed by atoms with Gasteiger partial charge in [-0.15, -0.1) is 11.3 Å². The van der Waals surface area contributed by atoms with E-state index in [0.717, 1.165) is 23.9 Å². The van der Waals surface area contributed by atoms with Crippen LogP contribution in [0, 0.1) is 11.8 Å². The van der Waals surface area contributed by atoms with Gasteiger partial charge in [0.1, 0.15) is 0 Å². The minimum absolute atomic E-state index is 0.170. The summed E-state index contributed by atoms with van der Waals surface area (Å²) in [5.41, 5.74) is 0. The van der Waals surface area contributed by atoms with Gasteiger partial charge in [-0.25, -0.2) is 4.98 Å². The molecule has 0 aliphatic heterocycles. The Morgan fingerprint density at radius 2 is 2.05 bits per heavy atom. The fourth-order valence-electron chi connectivity index (χ4n) is 3.13. The average molecular weight is 278 g/mol. The van der Waals surface area contributed by atoms with Gasteiger partial charge in [-0.2, -0.15) is 0 Å². The van der Waals surface area contributed by atoms with Crippen LogP contribution in [0.4, 0.5) is 5.13 Å². The van der Waals surface area contributed by atoms with Crippen LogP contribution in [0.2, 0.25) is 0 Å². The van der Waals surface area contributed by atoms with E-state index in [4.69, 9.17) is 0 Å². The van der Waals surface area contributed by atoms with Crippen molar-refractivity contribution in [2.45, 2.75) is 57.8 Å². The van der Waals surface area contributed by atoms with E-state index >= 15 is 0 Å². The highest BCUT2D eigenvalue weighted by Crippen LogP contribution is 2.40. The number of anilines is 1. The Kier molecular flexibility index (Phi) is 3.87. The molecule has 4 heteroatoms. The number of aromatic nitrogens is 1. The molecule has 1 aromatic rings. The van der Waals surface area contributed by atoms with E-state index in [1.165, 1.54) is 37.0 Å². The molecular formula is C15H22N2OS. The predicted molar refractivity (Wildman–Crippen MR) is 78.5 cm³/mol. The zero-order chi connectivity index (χ0) is 13.2. The first-order valence-electron chi connectivity index (χ1n) is 7.50. The molecule has 0 spiro atoms. The number of hydrogen-bond acceptors (Lipinski definition) is 3. The summed E-state index contributed by atoms with van der Waals surface area (Å²) in [6, 6.07) is 0. The summed E-state index contributed by atoms with van der Waals surface area (Å²) in [6.07, 6.45) is 10.6. The standard InChI is InChI=1S/C15H22N2OS/c1-10-5-2-3-8-12(10)13-9-16-15(19-13)17-14(18)11-6-4-7-11/h9-12H,2-8H2,1H3,(H,16,17,18)/t10-,12+/m0/s1. The van der Waals surface area contributed by atoms with Gasteiger partial charge in [0.25, 0.3) is 0 Å². The quantitative estimate of drug-likeness (QED) is 0.901. The highest BCUT2D eigenvalue weighted by Gasteiger charge is 2.27. The molecule has 1 aromatic heterocycles. The minimum Gasteiger partial charge on any atom is -0.302 e. The smallest absolute Gasteiger partial charge is 0.229 e. The molecule has 0 aromatic carbocycles. The van der Waals surface area contributed by atoms with Crippen molar-refractivity contribution in [3.8, 4) is 0 Å². The number of nitrogens with zero attached hydrogens (tertiary/aromatic N) is 1. The van der Waals surface area contributed by atoms with Gasteiger partial charge in [0.2, 0.25) is 5.91 Å². The molecule has 0 unspecified atom stereocenters. The maximum atomic E-state index is 11.9. The van der Waals surface area contributed by atoms with E-state index in [0.29, 0.717) is 5.92 Å². The average Bonchev–Trinajstić information content (AvgIpc) is 2.75. The van der Waals surface area contributed by atoms with Gasteiger partial charge in [0.15, 0.2) is 5.13 Å². The zero-order valence-electron chi connectivity index (χ0n) is 11.5. The van der Waals surface area contributed by atoms with E-state index in [1.54, 1.807) is 11.3 Å². The van der Waals surface area contributed by atoms with Crippen LogP contribution in [0.15, 0.2) is 6.20 Å². The van der Waals surface area contributed by atoms with Crippen molar-refractivity contribution in [3.05, 3.63) is 11.1 Å². The van der Waals surface area contributed by atoms with Crippen molar-refractivity contribution in [2.24, 2.45) is 11.8 Å². The van der Waals surface area contributed by atoms with Gasteiger partial charge in [-0.3, -0.25) is 4.79 Å². The monoisotopic (exact) mass is 278 g/mol. The number of nitrogens with one attached hydrogen (secondary N) is 1. The summed E-state index contributed by atoms with van der Waals surface area (Å²) in [4.78, 5) is 17.7. The van der Waals surface area contributed by atoms with Crippen molar-refractivity contribution < 1.29 is 4.79 Å². The van der Waals surface area contributed by atoms with Crippen LogP contribution in [-0.2, 0) is 4.79 Å². The van der Waals surface area contributed by atoms with E-state index in [2.05, 4.69) is 17.2 Å². The minimum atomic E-state index is 0.170. The molecule has 19 heavy (non-hydrogen) atoms. The third-order valence-corrected chi connectivity index (χ3v) is 5.75. The number of carbonyl (C=O) groups excluding carboxylic acids is 1. The summed E-state index contributed by atoms with van der Waals surface area (Å²) >= 11 is 1.68. The molecule has 1 amide bonds. The lowest BCUT2D eigenvalue weighted by Crippen LogP contribution is -2.27. The molecule has 104 valence electrons. The van der Waals surface area contributed by atoms with Crippen LogP contribution in [-0.4, -0.2) is 10.9 Å². The molecule has 0 radical (unpaired) electrons. The Hall–Kier alpha value is -0.900. The topological polar surface area (TPSA) is 42.0 Å². The van der Waals surface area contributed by atoms with Gasteiger partial charge < -0.3 is 5.32 Å². The van der Waals surface area contributed by atoms with Gasteiger partial charge in [0.05, 0.1) is 0 Å². The molecule has 0 bridgehead atoms. The Balaban J connectivity index is 1.63. The third-order valence-electron chi connectivity index (χ3n) is 4.71. The van der Waals surface area contributed by atoms with E-state index in [-0.39, 0.29) is 11.8 Å². The van der Waals surface area contributed by atoms with Gasteiger partial charge in [-0.1, -0.05) is 32.6 Å². The normalized spacial score (nSPS) is 27.8. The molecule has 1 N–H and O–H groups in total. The number of amides is 1. The number of rotatable bonds is 3. The molecule has 2 saturated carbocycles. The molecule has 0 saturated heterocycles. The molecule has 2 aliphatic rings. The molecule has 2 atom stereocenters. The van der Waals surface area contributed by atoms with E-state index < -0.39 is 0 Å². The molecule has 3 nitrogen and oxygen atoms in total. The first kappa shape index (κ1) is 13.1. The largest absolute Gasteiger partial charge is 0.302 e. The van der Waals surface area contributed by atoms with Crippen LogP contribution in [0.25, 0.3) is 0 Å². The molecule has 2 fully saturated rings. The van der Waals surface area contributed by atoms with Crippen molar-refractivity contribution in [2.75, 3.05) is 5.32 Å². The number of carbonyl (C=O) groups is 1. The van der Waals surface area contributed by atoms with Crippen LogP contribution in [0.5, 0.6) is 0 Å². The summed E-state index contributed by atoms with van der Waals surface area (Å²) in [5, 5.41) is 3.78. The SMILES string of the molecule is C[C@H]1CCCC[C@H]1c1cnc(NC(=O)C2CCC2)s1. The van der Waals surface area contributed by atoms with Crippen molar-refractivity contribution in [1.82, 2.24) is 4.98 Å². The summed E-state index contributed by atoms with van der Waals surface area (Å²) in [5.74, 6) is 1.81. The molecule has 3 rings (SSSR count). The third kappa shape index (κ3) is 2.83.